The maximum Gasteiger partial charge on any atom is 0.133 e. The van der Waals surface area contributed by atoms with Crippen LogP contribution in [0.4, 0.5) is 0 Å². The number of carbonyl (C=O) groups is 1. The number of furan rings is 1. The summed E-state index contributed by atoms with van der Waals surface area (Å²) in [6.45, 7) is 4.43. The Bertz CT molecular complexity index is 322. The van der Waals surface area contributed by atoms with E-state index in [2.05, 4.69) is 13.8 Å². The Balaban J connectivity index is 2.27. The van der Waals surface area contributed by atoms with Gasteiger partial charge in [0.2, 0.25) is 0 Å². The monoisotopic (exact) mass is 192 g/mol. The quantitative estimate of drug-likeness (QED) is 0.684. The largest absolute Gasteiger partial charge is 0.469 e. The van der Waals surface area contributed by atoms with Crippen molar-refractivity contribution in [3.05, 3.63) is 24.2 Å². The van der Waals surface area contributed by atoms with Gasteiger partial charge >= 0.3 is 0 Å². The van der Waals surface area contributed by atoms with E-state index in [1.54, 1.807) is 6.26 Å². The molecule has 2 heteroatoms. The minimum atomic E-state index is 0.186. The van der Waals surface area contributed by atoms with E-state index < -0.39 is 0 Å². The summed E-state index contributed by atoms with van der Waals surface area (Å²) >= 11 is 0. The van der Waals surface area contributed by atoms with Crippen LogP contribution in [0.2, 0.25) is 0 Å². The predicted octanol–water partition coefficient (Wildman–Crippen LogP) is 3.14. The van der Waals surface area contributed by atoms with E-state index in [4.69, 9.17) is 4.42 Å². The van der Waals surface area contributed by atoms with E-state index in [0.717, 1.165) is 18.6 Å². The first-order chi connectivity index (χ1) is 6.59. The Morgan fingerprint density at radius 3 is 2.93 bits per heavy atom. The van der Waals surface area contributed by atoms with Crippen LogP contribution in [0, 0.1) is 5.41 Å². The molecule has 1 aromatic rings. The van der Waals surface area contributed by atoms with Gasteiger partial charge in [0.05, 0.1) is 6.26 Å². The lowest BCUT2D eigenvalue weighted by Crippen LogP contribution is -2.30. The fourth-order valence-corrected chi connectivity index (χ4v) is 2.22. The molecule has 1 aliphatic rings. The number of hydrogen-bond acceptors (Lipinski definition) is 2. The summed E-state index contributed by atoms with van der Waals surface area (Å²) < 4.78 is 5.40. The van der Waals surface area contributed by atoms with Gasteiger partial charge in [-0.3, -0.25) is 4.79 Å². The highest BCUT2D eigenvalue weighted by Gasteiger charge is 2.38. The zero-order chi connectivity index (χ0) is 10.2. The number of Topliss-reactive ketones (excluding diaryl/α,β-unsaturated/α-hetero) is 1. The number of hydrogen-bond donors (Lipinski definition) is 0. The van der Waals surface area contributed by atoms with Gasteiger partial charge in [0.15, 0.2) is 0 Å². The molecule has 1 aromatic heterocycles. The Morgan fingerprint density at radius 1 is 1.50 bits per heavy atom. The van der Waals surface area contributed by atoms with Gasteiger partial charge in [-0.05, 0) is 24.0 Å². The third-order valence-corrected chi connectivity index (χ3v) is 3.31. The van der Waals surface area contributed by atoms with E-state index >= 15 is 0 Å². The molecule has 0 bridgehead atoms. The van der Waals surface area contributed by atoms with Gasteiger partial charge in [0.25, 0.3) is 0 Å². The standard InChI is InChI=1S/C12H16O2/c1-12(2)6-5-9(13)8-10(12)11-4-3-7-14-11/h3-4,7,10H,5-6,8H2,1-2H3. The Kier molecular flexibility index (Phi) is 2.22. The van der Waals surface area contributed by atoms with Crippen LogP contribution < -0.4 is 0 Å². The van der Waals surface area contributed by atoms with Crippen LogP contribution in [0.3, 0.4) is 0 Å². The third kappa shape index (κ3) is 1.61. The van der Waals surface area contributed by atoms with Crippen LogP contribution in [-0.4, -0.2) is 5.78 Å². The van der Waals surface area contributed by atoms with Crippen molar-refractivity contribution in [2.45, 2.75) is 39.0 Å². The molecular weight excluding hydrogens is 176 g/mol. The average molecular weight is 192 g/mol. The van der Waals surface area contributed by atoms with Crippen molar-refractivity contribution in [1.29, 1.82) is 0 Å². The molecular formula is C12H16O2. The van der Waals surface area contributed by atoms with E-state index in [1.165, 1.54) is 0 Å². The fourth-order valence-electron chi connectivity index (χ4n) is 2.22. The minimum Gasteiger partial charge on any atom is -0.469 e. The topological polar surface area (TPSA) is 30.2 Å². The molecule has 1 atom stereocenters. The Hall–Kier alpha value is -1.05. The van der Waals surface area contributed by atoms with Gasteiger partial charge in [0.1, 0.15) is 11.5 Å². The van der Waals surface area contributed by atoms with Crippen LogP contribution >= 0.6 is 0 Å². The lowest BCUT2D eigenvalue weighted by molar-refractivity contribution is -0.123. The van der Waals surface area contributed by atoms with Crippen LogP contribution in [0.25, 0.3) is 0 Å². The molecule has 0 aromatic carbocycles. The summed E-state index contributed by atoms with van der Waals surface area (Å²) in [7, 11) is 0. The molecule has 1 unspecified atom stereocenters. The minimum absolute atomic E-state index is 0.186. The predicted molar refractivity (Wildman–Crippen MR) is 54.1 cm³/mol. The van der Waals surface area contributed by atoms with Crippen molar-refractivity contribution in [2.75, 3.05) is 0 Å². The molecule has 1 aliphatic carbocycles. The van der Waals surface area contributed by atoms with Crippen molar-refractivity contribution in [3.8, 4) is 0 Å². The van der Waals surface area contributed by atoms with Gasteiger partial charge in [-0.25, -0.2) is 0 Å². The van der Waals surface area contributed by atoms with Crippen LogP contribution in [0.5, 0.6) is 0 Å². The molecule has 0 amide bonds. The number of carbonyl (C=O) groups excluding carboxylic acids is 1. The summed E-state index contributed by atoms with van der Waals surface area (Å²) in [5, 5.41) is 0. The van der Waals surface area contributed by atoms with Crippen molar-refractivity contribution in [1.82, 2.24) is 0 Å². The first-order valence-electron chi connectivity index (χ1n) is 5.15. The van der Waals surface area contributed by atoms with E-state index in [0.29, 0.717) is 12.2 Å². The van der Waals surface area contributed by atoms with E-state index in [9.17, 15) is 4.79 Å². The molecule has 0 aliphatic heterocycles. The van der Waals surface area contributed by atoms with Gasteiger partial charge in [0, 0.05) is 18.8 Å². The van der Waals surface area contributed by atoms with Crippen LogP contribution in [-0.2, 0) is 4.79 Å². The van der Waals surface area contributed by atoms with Crippen molar-refractivity contribution < 1.29 is 9.21 Å². The molecule has 0 saturated heterocycles. The molecule has 14 heavy (non-hydrogen) atoms. The highest BCUT2D eigenvalue weighted by atomic mass is 16.3. The summed E-state index contributed by atoms with van der Waals surface area (Å²) in [5.74, 6) is 1.59. The van der Waals surface area contributed by atoms with Crippen molar-refractivity contribution in [3.63, 3.8) is 0 Å². The second-order valence-corrected chi connectivity index (χ2v) is 4.80. The van der Waals surface area contributed by atoms with E-state index in [1.807, 2.05) is 12.1 Å². The number of ketones is 1. The summed E-state index contributed by atoms with van der Waals surface area (Å²) in [4.78, 5) is 11.4. The smallest absolute Gasteiger partial charge is 0.133 e. The highest BCUT2D eigenvalue weighted by molar-refractivity contribution is 5.80. The van der Waals surface area contributed by atoms with Gasteiger partial charge in [-0.1, -0.05) is 13.8 Å². The first-order valence-corrected chi connectivity index (χ1v) is 5.15. The summed E-state index contributed by atoms with van der Waals surface area (Å²) in [6.07, 6.45) is 4.02. The van der Waals surface area contributed by atoms with Crippen molar-refractivity contribution >= 4 is 5.78 Å². The Morgan fingerprint density at radius 2 is 2.29 bits per heavy atom. The zero-order valence-corrected chi connectivity index (χ0v) is 8.75. The second-order valence-electron chi connectivity index (χ2n) is 4.80. The molecule has 0 radical (unpaired) electrons. The zero-order valence-electron chi connectivity index (χ0n) is 8.75. The highest BCUT2D eigenvalue weighted by Crippen LogP contribution is 2.45. The maximum absolute atomic E-state index is 11.4. The molecule has 0 spiro atoms. The molecule has 0 N–H and O–H groups in total. The second kappa shape index (κ2) is 3.26. The normalized spacial score (nSPS) is 26.4. The van der Waals surface area contributed by atoms with Crippen LogP contribution in [0.1, 0.15) is 44.8 Å². The molecule has 76 valence electrons. The molecule has 2 nitrogen and oxygen atoms in total. The average Bonchev–Trinajstić information content (AvgIpc) is 2.62. The molecule has 1 heterocycles. The van der Waals surface area contributed by atoms with Gasteiger partial charge in [-0.2, -0.15) is 0 Å². The SMILES string of the molecule is CC1(C)CCC(=O)CC1c1ccco1. The first kappa shape index (κ1) is 9.50. The van der Waals surface area contributed by atoms with Gasteiger partial charge in [-0.15, -0.1) is 0 Å². The third-order valence-electron chi connectivity index (χ3n) is 3.31. The molecule has 2 rings (SSSR count). The maximum atomic E-state index is 11.4. The summed E-state index contributed by atoms with van der Waals surface area (Å²) in [6, 6.07) is 3.87. The number of rotatable bonds is 1. The summed E-state index contributed by atoms with van der Waals surface area (Å²) in [5.41, 5.74) is 0.186. The molecule has 1 fully saturated rings. The van der Waals surface area contributed by atoms with E-state index in [-0.39, 0.29) is 11.3 Å². The Labute approximate surface area is 84.3 Å². The molecule has 1 saturated carbocycles. The van der Waals surface area contributed by atoms with Crippen LogP contribution in [0.15, 0.2) is 22.8 Å². The fraction of sp³-hybridized carbons (Fsp3) is 0.583. The lowest BCUT2D eigenvalue weighted by Gasteiger charge is -2.36. The lowest BCUT2D eigenvalue weighted by atomic mass is 9.67. The van der Waals surface area contributed by atoms with Crippen molar-refractivity contribution in [2.24, 2.45) is 5.41 Å². The van der Waals surface area contributed by atoms with Gasteiger partial charge < -0.3 is 4.42 Å².